The third-order valence-corrected chi connectivity index (χ3v) is 2.95. The molecule has 0 unspecified atom stereocenters. The Balaban J connectivity index is 2.30. The molecule has 0 saturated carbocycles. The minimum Gasteiger partial charge on any atom is -0.382 e. The molecule has 0 atom stereocenters. The summed E-state index contributed by atoms with van der Waals surface area (Å²) >= 11 is 0. The topological polar surface area (TPSA) is 121 Å². The highest BCUT2D eigenvalue weighted by molar-refractivity contribution is 5.85. The molecule has 8 heteroatoms. The summed E-state index contributed by atoms with van der Waals surface area (Å²) in [6.45, 7) is 4.92. The Bertz CT molecular complexity index is 778. The fourth-order valence-corrected chi connectivity index (χ4v) is 2.16. The Kier molecular flexibility index (Phi) is 3.13. The Morgan fingerprint density at radius 2 is 1.81 bits per heavy atom. The highest BCUT2D eigenvalue weighted by Gasteiger charge is 2.19. The maximum absolute atomic E-state index is 5.90. The molecule has 3 aromatic rings. The second-order valence-corrected chi connectivity index (χ2v) is 5.15. The molecule has 0 saturated heterocycles. The van der Waals surface area contributed by atoms with Crippen LogP contribution in [0.3, 0.4) is 0 Å². The number of nitrogens with zero attached hydrogens (tertiary/aromatic N) is 6. The van der Waals surface area contributed by atoms with E-state index in [2.05, 4.69) is 38.8 Å². The summed E-state index contributed by atoms with van der Waals surface area (Å²) in [5, 5.41) is 0. The van der Waals surface area contributed by atoms with Gasteiger partial charge in [-0.05, 0) is 12.0 Å². The molecular weight excluding hydrogens is 268 g/mol. The fraction of sp³-hybridized carbons (Fsp3) is 0.308. The number of fused-ring (bicyclic) bond motifs is 1. The van der Waals surface area contributed by atoms with Gasteiger partial charge in [-0.2, -0.15) is 9.97 Å². The molecule has 21 heavy (non-hydrogen) atoms. The SMILES string of the molecule is CC(C)Cn1c(-c2ncccn2)nc2c(N)nc(N)nc21. The van der Waals surface area contributed by atoms with Crippen LogP contribution in [-0.4, -0.2) is 29.5 Å². The van der Waals surface area contributed by atoms with Crippen LogP contribution in [0.5, 0.6) is 0 Å². The highest BCUT2D eigenvalue weighted by Crippen LogP contribution is 2.25. The summed E-state index contributed by atoms with van der Waals surface area (Å²) in [5.74, 6) is 1.92. The highest BCUT2D eigenvalue weighted by atomic mass is 15.2. The van der Waals surface area contributed by atoms with Crippen molar-refractivity contribution in [1.82, 2.24) is 29.5 Å². The second-order valence-electron chi connectivity index (χ2n) is 5.15. The predicted molar refractivity (Wildman–Crippen MR) is 80.0 cm³/mol. The van der Waals surface area contributed by atoms with E-state index >= 15 is 0 Å². The molecule has 0 aromatic carbocycles. The van der Waals surface area contributed by atoms with E-state index in [-0.39, 0.29) is 11.8 Å². The van der Waals surface area contributed by atoms with E-state index in [0.717, 1.165) is 0 Å². The van der Waals surface area contributed by atoms with Gasteiger partial charge in [0.25, 0.3) is 0 Å². The van der Waals surface area contributed by atoms with Crippen molar-refractivity contribution < 1.29 is 0 Å². The predicted octanol–water partition coefficient (Wildman–Crippen LogP) is 1.10. The molecule has 0 aliphatic carbocycles. The lowest BCUT2D eigenvalue weighted by atomic mass is 10.2. The van der Waals surface area contributed by atoms with Crippen molar-refractivity contribution in [2.75, 3.05) is 11.5 Å². The van der Waals surface area contributed by atoms with Crippen LogP contribution in [0.25, 0.3) is 22.8 Å². The number of anilines is 2. The van der Waals surface area contributed by atoms with Crippen molar-refractivity contribution >= 4 is 22.9 Å². The zero-order valence-corrected chi connectivity index (χ0v) is 11.9. The number of nitrogen functional groups attached to an aromatic ring is 2. The van der Waals surface area contributed by atoms with E-state index in [1.165, 1.54) is 0 Å². The Morgan fingerprint density at radius 3 is 2.48 bits per heavy atom. The molecular formula is C13H16N8. The first-order chi connectivity index (χ1) is 10.1. The lowest BCUT2D eigenvalue weighted by Gasteiger charge is -2.10. The van der Waals surface area contributed by atoms with Crippen LogP contribution in [0.15, 0.2) is 18.5 Å². The molecule has 108 valence electrons. The van der Waals surface area contributed by atoms with Crippen molar-refractivity contribution in [2.45, 2.75) is 20.4 Å². The third kappa shape index (κ3) is 2.35. The van der Waals surface area contributed by atoms with E-state index in [4.69, 9.17) is 11.5 Å². The molecule has 0 fully saturated rings. The van der Waals surface area contributed by atoms with Gasteiger partial charge in [0.1, 0.15) is 0 Å². The van der Waals surface area contributed by atoms with Gasteiger partial charge in [-0.25, -0.2) is 15.0 Å². The number of hydrogen-bond acceptors (Lipinski definition) is 7. The number of nitrogens with two attached hydrogens (primary N) is 2. The normalized spacial score (nSPS) is 11.4. The second kappa shape index (κ2) is 4.97. The average Bonchev–Trinajstić information content (AvgIpc) is 2.78. The van der Waals surface area contributed by atoms with Gasteiger partial charge in [0, 0.05) is 18.9 Å². The summed E-state index contributed by atoms with van der Waals surface area (Å²) in [4.78, 5) is 21.2. The van der Waals surface area contributed by atoms with Crippen LogP contribution in [0.2, 0.25) is 0 Å². The van der Waals surface area contributed by atoms with Crippen molar-refractivity contribution in [1.29, 1.82) is 0 Å². The van der Waals surface area contributed by atoms with Crippen molar-refractivity contribution in [3.05, 3.63) is 18.5 Å². The molecule has 0 aliphatic heterocycles. The van der Waals surface area contributed by atoms with Gasteiger partial charge in [-0.3, -0.25) is 0 Å². The number of aromatic nitrogens is 6. The van der Waals surface area contributed by atoms with E-state index in [9.17, 15) is 0 Å². The molecule has 3 heterocycles. The Hall–Kier alpha value is -2.77. The van der Waals surface area contributed by atoms with Crippen LogP contribution in [0, 0.1) is 5.92 Å². The Morgan fingerprint density at radius 1 is 1.10 bits per heavy atom. The monoisotopic (exact) mass is 284 g/mol. The first kappa shape index (κ1) is 13.2. The molecule has 3 rings (SSSR count). The van der Waals surface area contributed by atoms with Crippen LogP contribution >= 0.6 is 0 Å². The van der Waals surface area contributed by atoms with E-state index in [1.807, 2.05) is 4.57 Å². The first-order valence-corrected chi connectivity index (χ1v) is 6.63. The summed E-state index contributed by atoms with van der Waals surface area (Å²) in [6, 6.07) is 1.76. The molecule has 0 spiro atoms. The average molecular weight is 284 g/mol. The lowest BCUT2D eigenvalue weighted by molar-refractivity contribution is 0.533. The van der Waals surface area contributed by atoms with Crippen LogP contribution < -0.4 is 11.5 Å². The largest absolute Gasteiger partial charge is 0.382 e. The Labute approximate surface area is 121 Å². The standard InChI is InChI=1S/C13H16N8/c1-7(2)6-21-11-8(9(14)19-13(15)20-11)18-12(21)10-16-4-3-5-17-10/h3-5,7H,6H2,1-2H3,(H4,14,15,19,20). The van der Waals surface area contributed by atoms with Gasteiger partial charge in [0.15, 0.2) is 28.6 Å². The number of hydrogen-bond donors (Lipinski definition) is 2. The summed E-state index contributed by atoms with van der Waals surface area (Å²) in [6.07, 6.45) is 3.34. The molecule has 0 bridgehead atoms. The van der Waals surface area contributed by atoms with E-state index in [0.29, 0.717) is 35.3 Å². The van der Waals surface area contributed by atoms with E-state index < -0.39 is 0 Å². The van der Waals surface area contributed by atoms with Crippen molar-refractivity contribution in [2.24, 2.45) is 5.92 Å². The maximum atomic E-state index is 5.90. The molecule has 0 aliphatic rings. The number of rotatable bonds is 3. The van der Waals surface area contributed by atoms with Crippen LogP contribution in [0.1, 0.15) is 13.8 Å². The quantitative estimate of drug-likeness (QED) is 0.738. The van der Waals surface area contributed by atoms with Crippen molar-refractivity contribution in [3.8, 4) is 11.6 Å². The molecule has 0 radical (unpaired) electrons. The number of imidazole rings is 1. The third-order valence-electron chi connectivity index (χ3n) is 2.95. The van der Waals surface area contributed by atoms with E-state index in [1.54, 1.807) is 18.5 Å². The summed E-state index contributed by atoms with van der Waals surface area (Å²) in [7, 11) is 0. The van der Waals surface area contributed by atoms with Gasteiger partial charge >= 0.3 is 0 Å². The zero-order chi connectivity index (χ0) is 15.0. The minimum atomic E-state index is 0.130. The van der Waals surface area contributed by atoms with Gasteiger partial charge in [-0.1, -0.05) is 13.8 Å². The van der Waals surface area contributed by atoms with Crippen molar-refractivity contribution in [3.63, 3.8) is 0 Å². The first-order valence-electron chi connectivity index (χ1n) is 6.63. The molecule has 0 amide bonds. The minimum absolute atomic E-state index is 0.130. The smallest absolute Gasteiger partial charge is 0.224 e. The lowest BCUT2D eigenvalue weighted by Crippen LogP contribution is -2.09. The summed E-state index contributed by atoms with van der Waals surface area (Å²) < 4.78 is 1.93. The molecule has 3 aromatic heterocycles. The zero-order valence-electron chi connectivity index (χ0n) is 11.9. The maximum Gasteiger partial charge on any atom is 0.224 e. The van der Waals surface area contributed by atoms with Crippen LogP contribution in [-0.2, 0) is 6.54 Å². The van der Waals surface area contributed by atoms with Gasteiger partial charge in [0.2, 0.25) is 5.95 Å². The van der Waals surface area contributed by atoms with Crippen LogP contribution in [0.4, 0.5) is 11.8 Å². The fourth-order valence-electron chi connectivity index (χ4n) is 2.16. The van der Waals surface area contributed by atoms with Gasteiger partial charge in [-0.15, -0.1) is 0 Å². The van der Waals surface area contributed by atoms with Gasteiger partial charge in [0.05, 0.1) is 0 Å². The van der Waals surface area contributed by atoms with Gasteiger partial charge < -0.3 is 16.0 Å². The molecule has 4 N–H and O–H groups in total. The summed E-state index contributed by atoms with van der Waals surface area (Å²) in [5.41, 5.74) is 12.7. The molecule has 8 nitrogen and oxygen atoms in total.